The Morgan fingerprint density at radius 2 is 1.43 bits per heavy atom. The molecule has 0 aliphatic heterocycles. The standard InChI is InChI=1S/C27H21ClN2O4S/c1-18-12-13-20(16-25(18)35(33,34)30-22-10-6-3-7-11-22)27(32)29-24-15-14-21(28)17-23(24)26(31)19-8-4-2-5-9-19/h2-17,30H,1H3,(H,29,32). The minimum Gasteiger partial charge on any atom is -0.321 e. The van der Waals surface area contributed by atoms with Crippen LogP contribution in [-0.4, -0.2) is 20.1 Å². The predicted octanol–water partition coefficient (Wildman–Crippen LogP) is 5.93. The number of anilines is 2. The van der Waals surface area contributed by atoms with Gasteiger partial charge in [-0.05, 0) is 55.0 Å². The summed E-state index contributed by atoms with van der Waals surface area (Å²) >= 11 is 6.12. The van der Waals surface area contributed by atoms with Gasteiger partial charge in [-0.15, -0.1) is 0 Å². The molecule has 176 valence electrons. The van der Waals surface area contributed by atoms with Crippen LogP contribution in [0.4, 0.5) is 11.4 Å². The molecule has 6 nitrogen and oxygen atoms in total. The van der Waals surface area contributed by atoms with Gasteiger partial charge in [0, 0.05) is 27.4 Å². The lowest BCUT2D eigenvalue weighted by Crippen LogP contribution is -2.18. The molecular weight excluding hydrogens is 484 g/mol. The van der Waals surface area contributed by atoms with Gasteiger partial charge in [-0.25, -0.2) is 8.42 Å². The van der Waals surface area contributed by atoms with E-state index in [-0.39, 0.29) is 27.5 Å². The zero-order chi connectivity index (χ0) is 25.0. The Balaban J connectivity index is 1.64. The van der Waals surface area contributed by atoms with E-state index in [1.165, 1.54) is 18.2 Å². The molecule has 4 aromatic carbocycles. The summed E-state index contributed by atoms with van der Waals surface area (Å²) in [4.78, 5) is 26.1. The molecule has 0 aliphatic carbocycles. The normalized spacial score (nSPS) is 11.0. The third-order valence-electron chi connectivity index (χ3n) is 5.28. The van der Waals surface area contributed by atoms with Crippen LogP contribution in [0.15, 0.2) is 102 Å². The molecule has 0 unspecified atom stereocenters. The van der Waals surface area contributed by atoms with E-state index in [4.69, 9.17) is 11.6 Å². The second kappa shape index (κ2) is 10.1. The largest absolute Gasteiger partial charge is 0.321 e. The molecule has 4 rings (SSSR count). The lowest BCUT2D eigenvalue weighted by molar-refractivity contribution is 0.102. The fourth-order valence-corrected chi connectivity index (χ4v) is 5.00. The Kier molecular flexibility index (Phi) is 7.00. The topological polar surface area (TPSA) is 92.3 Å². The summed E-state index contributed by atoms with van der Waals surface area (Å²) in [6, 6.07) is 26.1. The molecule has 0 saturated carbocycles. The second-order valence-electron chi connectivity index (χ2n) is 7.79. The summed E-state index contributed by atoms with van der Waals surface area (Å²) in [5.74, 6) is -0.867. The molecule has 0 heterocycles. The molecule has 35 heavy (non-hydrogen) atoms. The summed E-state index contributed by atoms with van der Waals surface area (Å²) < 4.78 is 28.5. The number of carbonyl (C=O) groups excluding carboxylic acids is 2. The molecule has 4 aromatic rings. The Hall–Kier alpha value is -3.94. The number of carbonyl (C=O) groups is 2. The van der Waals surface area contributed by atoms with Crippen molar-refractivity contribution < 1.29 is 18.0 Å². The number of sulfonamides is 1. The first-order valence-corrected chi connectivity index (χ1v) is 12.5. The first-order valence-electron chi connectivity index (χ1n) is 10.6. The van der Waals surface area contributed by atoms with Crippen molar-refractivity contribution in [2.75, 3.05) is 10.0 Å². The molecule has 0 aromatic heterocycles. The van der Waals surface area contributed by atoms with Crippen LogP contribution in [0.25, 0.3) is 0 Å². The van der Waals surface area contributed by atoms with Gasteiger partial charge >= 0.3 is 0 Å². The first-order chi connectivity index (χ1) is 16.7. The van der Waals surface area contributed by atoms with Gasteiger partial charge in [0.15, 0.2) is 5.78 Å². The molecule has 1 amide bonds. The van der Waals surface area contributed by atoms with Crippen molar-refractivity contribution in [3.63, 3.8) is 0 Å². The van der Waals surface area contributed by atoms with Gasteiger partial charge in [0.25, 0.3) is 15.9 Å². The van der Waals surface area contributed by atoms with Gasteiger partial charge in [-0.3, -0.25) is 14.3 Å². The molecular formula is C27H21ClN2O4S. The van der Waals surface area contributed by atoms with Crippen LogP contribution >= 0.6 is 11.6 Å². The highest BCUT2D eigenvalue weighted by molar-refractivity contribution is 7.92. The van der Waals surface area contributed by atoms with E-state index in [1.54, 1.807) is 85.8 Å². The number of hydrogen-bond acceptors (Lipinski definition) is 4. The van der Waals surface area contributed by atoms with Crippen LogP contribution in [0.2, 0.25) is 5.02 Å². The minimum absolute atomic E-state index is 0.0225. The number of para-hydroxylation sites is 1. The van der Waals surface area contributed by atoms with Crippen LogP contribution in [0.1, 0.15) is 31.8 Å². The Bertz CT molecular complexity index is 1510. The van der Waals surface area contributed by atoms with E-state index in [2.05, 4.69) is 10.0 Å². The summed E-state index contributed by atoms with van der Waals surface area (Å²) in [5, 5.41) is 3.06. The average molecular weight is 505 g/mol. The second-order valence-corrected chi connectivity index (χ2v) is 9.88. The zero-order valence-corrected chi connectivity index (χ0v) is 20.2. The molecule has 0 spiro atoms. The van der Waals surface area contributed by atoms with E-state index >= 15 is 0 Å². The molecule has 0 saturated heterocycles. The molecule has 0 fully saturated rings. The SMILES string of the molecule is Cc1ccc(C(=O)Nc2ccc(Cl)cc2C(=O)c2ccccc2)cc1S(=O)(=O)Nc1ccccc1. The molecule has 0 radical (unpaired) electrons. The number of nitrogens with one attached hydrogen (secondary N) is 2. The third kappa shape index (κ3) is 5.59. The summed E-state index contributed by atoms with van der Waals surface area (Å²) in [6.45, 7) is 1.65. The molecule has 0 aliphatic rings. The zero-order valence-electron chi connectivity index (χ0n) is 18.7. The van der Waals surface area contributed by atoms with Gasteiger partial charge in [-0.2, -0.15) is 0 Å². The van der Waals surface area contributed by atoms with Crippen LogP contribution in [0.3, 0.4) is 0 Å². The van der Waals surface area contributed by atoms with Crippen molar-refractivity contribution in [1.82, 2.24) is 0 Å². The summed E-state index contributed by atoms with van der Waals surface area (Å²) in [6.07, 6.45) is 0. The number of rotatable bonds is 7. The van der Waals surface area contributed by atoms with Crippen molar-refractivity contribution in [1.29, 1.82) is 0 Å². The number of amides is 1. The Morgan fingerprint density at radius 3 is 2.11 bits per heavy atom. The van der Waals surface area contributed by atoms with Crippen molar-refractivity contribution >= 4 is 44.7 Å². The third-order valence-corrected chi connectivity index (χ3v) is 7.03. The van der Waals surface area contributed by atoms with Gasteiger partial charge in [0.05, 0.1) is 10.6 Å². The average Bonchev–Trinajstić information content (AvgIpc) is 2.85. The quantitative estimate of drug-likeness (QED) is 0.305. The molecule has 8 heteroatoms. The maximum Gasteiger partial charge on any atom is 0.262 e. The number of ketones is 1. The predicted molar refractivity (Wildman–Crippen MR) is 138 cm³/mol. The van der Waals surface area contributed by atoms with Gasteiger partial charge < -0.3 is 5.32 Å². The Morgan fingerprint density at radius 1 is 0.771 bits per heavy atom. The van der Waals surface area contributed by atoms with Gasteiger partial charge in [0.2, 0.25) is 0 Å². The smallest absolute Gasteiger partial charge is 0.262 e. The maximum absolute atomic E-state index is 13.1. The van der Waals surface area contributed by atoms with E-state index in [0.29, 0.717) is 21.8 Å². The fourth-order valence-electron chi connectivity index (χ4n) is 3.50. The van der Waals surface area contributed by atoms with Gasteiger partial charge in [-0.1, -0.05) is 66.2 Å². The lowest BCUT2D eigenvalue weighted by Gasteiger charge is -2.14. The molecule has 0 atom stereocenters. The monoisotopic (exact) mass is 504 g/mol. The maximum atomic E-state index is 13.1. The minimum atomic E-state index is -3.94. The molecule has 0 bridgehead atoms. The lowest BCUT2D eigenvalue weighted by atomic mass is 10.0. The molecule has 2 N–H and O–H groups in total. The van der Waals surface area contributed by atoms with Gasteiger partial charge in [0.1, 0.15) is 0 Å². The van der Waals surface area contributed by atoms with E-state index < -0.39 is 15.9 Å². The Labute approximate surface area is 208 Å². The number of halogens is 1. The summed E-state index contributed by atoms with van der Waals surface area (Å²) in [5.41, 5.74) is 1.95. The fraction of sp³-hybridized carbons (Fsp3) is 0.0370. The van der Waals surface area contributed by atoms with Crippen LogP contribution in [0, 0.1) is 6.92 Å². The number of benzene rings is 4. The van der Waals surface area contributed by atoms with Crippen LogP contribution in [-0.2, 0) is 10.0 Å². The highest BCUT2D eigenvalue weighted by atomic mass is 35.5. The van der Waals surface area contributed by atoms with Crippen molar-refractivity contribution in [3.8, 4) is 0 Å². The highest BCUT2D eigenvalue weighted by Gasteiger charge is 2.21. The van der Waals surface area contributed by atoms with E-state index in [0.717, 1.165) is 0 Å². The van der Waals surface area contributed by atoms with Crippen molar-refractivity contribution in [2.45, 2.75) is 11.8 Å². The summed E-state index contributed by atoms with van der Waals surface area (Å²) in [7, 11) is -3.94. The van der Waals surface area contributed by atoms with E-state index in [1.807, 2.05) is 0 Å². The van der Waals surface area contributed by atoms with Crippen LogP contribution in [0.5, 0.6) is 0 Å². The van der Waals surface area contributed by atoms with Crippen molar-refractivity contribution in [2.24, 2.45) is 0 Å². The highest BCUT2D eigenvalue weighted by Crippen LogP contribution is 2.26. The number of hydrogen-bond donors (Lipinski definition) is 2. The van der Waals surface area contributed by atoms with Crippen molar-refractivity contribution in [3.05, 3.63) is 124 Å². The first kappa shape index (κ1) is 24.2. The van der Waals surface area contributed by atoms with E-state index in [9.17, 15) is 18.0 Å². The van der Waals surface area contributed by atoms with Crippen LogP contribution < -0.4 is 10.0 Å². The number of aryl methyl sites for hydroxylation is 1.